The fraction of sp³-hybridized carbons (Fsp3) is 0.222. The first-order valence-electron chi connectivity index (χ1n) is 11.0. The fourth-order valence-electron chi connectivity index (χ4n) is 4.26. The third-order valence-electron chi connectivity index (χ3n) is 6.04. The Kier molecular flexibility index (Phi) is 6.98. The topological polar surface area (TPSA) is 83.0 Å². The van der Waals surface area contributed by atoms with Gasteiger partial charge >= 0.3 is 0 Å². The molecule has 1 amide bonds. The first-order chi connectivity index (χ1) is 16.3. The van der Waals surface area contributed by atoms with Crippen molar-refractivity contribution in [1.82, 2.24) is 14.8 Å². The Morgan fingerprint density at radius 1 is 1.12 bits per heavy atom. The minimum absolute atomic E-state index is 0.312. The molecular weight excluding hydrogens is 448 g/mol. The maximum absolute atomic E-state index is 12.8. The van der Waals surface area contributed by atoms with Crippen molar-refractivity contribution >= 4 is 17.5 Å². The number of nitrogens with two attached hydrogens (primary N) is 1. The summed E-state index contributed by atoms with van der Waals surface area (Å²) in [7, 11) is 1.85. The molecular formula is C27H27ClN4O2. The van der Waals surface area contributed by atoms with Crippen molar-refractivity contribution in [2.75, 3.05) is 0 Å². The van der Waals surface area contributed by atoms with Crippen LogP contribution in [0.1, 0.15) is 45.3 Å². The number of benzene rings is 2. The number of carbonyl (C=O) groups is 1. The van der Waals surface area contributed by atoms with E-state index in [1.807, 2.05) is 81.7 Å². The summed E-state index contributed by atoms with van der Waals surface area (Å²) < 4.78 is 7.67. The van der Waals surface area contributed by atoms with Crippen LogP contribution in [-0.2, 0) is 18.4 Å². The van der Waals surface area contributed by atoms with E-state index in [-0.39, 0.29) is 5.92 Å². The minimum atomic E-state index is -0.598. The van der Waals surface area contributed by atoms with Gasteiger partial charge in [-0.25, -0.2) is 0 Å². The lowest BCUT2D eigenvalue weighted by Crippen LogP contribution is -2.28. The molecule has 0 spiro atoms. The van der Waals surface area contributed by atoms with Crippen LogP contribution in [0.3, 0.4) is 0 Å². The molecule has 2 aromatic heterocycles. The highest BCUT2D eigenvalue weighted by molar-refractivity contribution is 6.30. The van der Waals surface area contributed by atoms with E-state index in [1.165, 1.54) is 0 Å². The van der Waals surface area contributed by atoms with Gasteiger partial charge in [0.25, 0.3) is 0 Å². The quantitative estimate of drug-likeness (QED) is 0.386. The number of aryl methyl sites for hydroxylation is 3. The Morgan fingerprint density at radius 2 is 1.88 bits per heavy atom. The van der Waals surface area contributed by atoms with E-state index in [2.05, 4.69) is 10.1 Å². The van der Waals surface area contributed by atoms with Gasteiger partial charge in [0, 0.05) is 41.6 Å². The fourth-order valence-corrected chi connectivity index (χ4v) is 4.49. The highest BCUT2D eigenvalue weighted by Gasteiger charge is 2.33. The second-order valence-corrected chi connectivity index (χ2v) is 8.85. The zero-order valence-corrected chi connectivity index (χ0v) is 20.2. The van der Waals surface area contributed by atoms with Crippen LogP contribution in [0.4, 0.5) is 0 Å². The normalized spacial score (nSPS) is 12.8. The smallest absolute Gasteiger partial charge is 0.225 e. The van der Waals surface area contributed by atoms with Gasteiger partial charge in [-0.15, -0.1) is 0 Å². The molecule has 2 atom stereocenters. The van der Waals surface area contributed by atoms with E-state index in [1.54, 1.807) is 17.1 Å². The van der Waals surface area contributed by atoms with Gasteiger partial charge in [-0.1, -0.05) is 35.9 Å². The molecule has 0 aliphatic heterocycles. The first-order valence-corrected chi connectivity index (χ1v) is 11.4. The molecule has 0 fully saturated rings. The van der Waals surface area contributed by atoms with Crippen LogP contribution < -0.4 is 10.5 Å². The Balaban J connectivity index is 1.67. The number of halogens is 1. The van der Waals surface area contributed by atoms with Crippen LogP contribution in [0.2, 0.25) is 5.02 Å². The second-order valence-electron chi connectivity index (χ2n) is 8.41. The lowest BCUT2D eigenvalue weighted by Gasteiger charge is -2.26. The Morgan fingerprint density at radius 3 is 2.50 bits per heavy atom. The Bertz CT molecular complexity index is 1300. The molecule has 6 nitrogen and oxygen atoms in total. The lowest BCUT2D eigenvalue weighted by atomic mass is 9.76. The molecule has 2 heterocycles. The average molecular weight is 475 g/mol. The van der Waals surface area contributed by atoms with Crippen molar-refractivity contribution in [3.05, 3.63) is 112 Å². The van der Waals surface area contributed by atoms with E-state index >= 15 is 0 Å². The highest BCUT2D eigenvalue weighted by Crippen LogP contribution is 2.40. The number of hydrogen-bond donors (Lipinski definition) is 1. The van der Waals surface area contributed by atoms with Gasteiger partial charge in [0.1, 0.15) is 12.4 Å². The van der Waals surface area contributed by atoms with Crippen LogP contribution in [0, 0.1) is 13.8 Å². The predicted octanol–water partition coefficient (Wildman–Crippen LogP) is 5.07. The van der Waals surface area contributed by atoms with Crippen molar-refractivity contribution < 1.29 is 9.53 Å². The molecule has 7 heteroatoms. The molecule has 0 saturated heterocycles. The third-order valence-corrected chi connectivity index (χ3v) is 6.28. The summed E-state index contributed by atoms with van der Waals surface area (Å²) in [6, 6.07) is 17.1. The number of amides is 1. The Labute approximate surface area is 204 Å². The number of pyridine rings is 1. The van der Waals surface area contributed by atoms with E-state index in [9.17, 15) is 4.79 Å². The van der Waals surface area contributed by atoms with Crippen molar-refractivity contribution in [2.24, 2.45) is 12.8 Å². The minimum Gasteiger partial charge on any atom is -0.489 e. The van der Waals surface area contributed by atoms with Gasteiger partial charge in [0.2, 0.25) is 5.91 Å². The number of ether oxygens (including phenoxy) is 1. The van der Waals surface area contributed by atoms with Gasteiger partial charge in [-0.2, -0.15) is 5.10 Å². The van der Waals surface area contributed by atoms with E-state index in [0.29, 0.717) is 17.4 Å². The highest BCUT2D eigenvalue weighted by atomic mass is 35.5. The van der Waals surface area contributed by atoms with Crippen LogP contribution >= 0.6 is 11.6 Å². The number of carbonyl (C=O) groups excluding carboxylic acids is 1. The van der Waals surface area contributed by atoms with Crippen LogP contribution in [0.15, 0.2) is 73.2 Å². The SMILES string of the molecule is Cc1cc(Cl)ccc1C(c1cnn(C)c1)C(C(N)=O)c1ccc(OCc2cccnc2C)cc1. The van der Waals surface area contributed by atoms with Crippen molar-refractivity contribution in [2.45, 2.75) is 32.3 Å². The van der Waals surface area contributed by atoms with E-state index < -0.39 is 11.8 Å². The monoisotopic (exact) mass is 474 g/mol. The lowest BCUT2D eigenvalue weighted by molar-refractivity contribution is -0.119. The summed E-state index contributed by atoms with van der Waals surface area (Å²) in [6.45, 7) is 4.36. The van der Waals surface area contributed by atoms with E-state index in [0.717, 1.165) is 33.5 Å². The summed E-state index contributed by atoms with van der Waals surface area (Å²) in [5.41, 5.74) is 11.6. The second kappa shape index (κ2) is 10.1. The molecule has 0 aliphatic rings. The molecule has 0 radical (unpaired) electrons. The largest absolute Gasteiger partial charge is 0.489 e. The molecule has 2 aromatic carbocycles. The molecule has 4 aromatic rings. The molecule has 0 saturated carbocycles. The predicted molar refractivity (Wildman–Crippen MR) is 133 cm³/mol. The van der Waals surface area contributed by atoms with Crippen molar-refractivity contribution in [3.8, 4) is 5.75 Å². The maximum atomic E-state index is 12.8. The van der Waals surface area contributed by atoms with E-state index in [4.69, 9.17) is 22.1 Å². The summed E-state index contributed by atoms with van der Waals surface area (Å²) in [6.07, 6.45) is 5.46. The number of primary amides is 1. The van der Waals surface area contributed by atoms with Crippen molar-refractivity contribution in [1.29, 1.82) is 0 Å². The number of rotatable bonds is 8. The molecule has 2 N–H and O–H groups in total. The zero-order valence-electron chi connectivity index (χ0n) is 19.4. The summed E-state index contributed by atoms with van der Waals surface area (Å²) in [5.74, 6) is -0.620. The molecule has 34 heavy (non-hydrogen) atoms. The Hall–Kier alpha value is -3.64. The molecule has 2 unspecified atom stereocenters. The molecule has 0 bridgehead atoms. The maximum Gasteiger partial charge on any atom is 0.225 e. The molecule has 174 valence electrons. The molecule has 4 rings (SSSR count). The van der Waals surface area contributed by atoms with Gasteiger partial charge in [0.15, 0.2) is 0 Å². The third kappa shape index (κ3) is 5.13. The van der Waals surface area contributed by atoms with Gasteiger partial charge < -0.3 is 10.5 Å². The average Bonchev–Trinajstić information content (AvgIpc) is 3.23. The van der Waals surface area contributed by atoms with Gasteiger partial charge in [-0.05, 0) is 66.4 Å². The van der Waals surface area contributed by atoms with Crippen molar-refractivity contribution in [3.63, 3.8) is 0 Å². The summed E-state index contributed by atoms with van der Waals surface area (Å²) >= 11 is 6.21. The van der Waals surface area contributed by atoms with Gasteiger partial charge in [0.05, 0.1) is 12.1 Å². The first kappa shape index (κ1) is 23.5. The number of aromatic nitrogens is 3. The van der Waals surface area contributed by atoms with Crippen LogP contribution in [0.5, 0.6) is 5.75 Å². The van der Waals surface area contributed by atoms with Gasteiger partial charge in [-0.3, -0.25) is 14.5 Å². The summed E-state index contributed by atoms with van der Waals surface area (Å²) in [5, 5.41) is 4.98. The zero-order chi connectivity index (χ0) is 24.2. The van der Waals surface area contributed by atoms with Crippen LogP contribution in [-0.4, -0.2) is 20.7 Å². The summed E-state index contributed by atoms with van der Waals surface area (Å²) in [4.78, 5) is 17.1. The standard InChI is InChI=1S/C27H27ClN4O2/c1-17-13-22(28)8-11-24(17)25(21-14-31-32(3)15-21)26(27(29)33)19-6-9-23(10-7-19)34-16-20-5-4-12-30-18(20)2/h4-15,25-26H,16H2,1-3H3,(H2,29,33). The molecule has 0 aliphatic carbocycles. The number of nitrogens with zero attached hydrogens (tertiary/aromatic N) is 3. The van der Waals surface area contributed by atoms with Crippen LogP contribution in [0.25, 0.3) is 0 Å². The number of hydrogen-bond acceptors (Lipinski definition) is 4.